The molecule has 0 aliphatic heterocycles. The summed E-state index contributed by atoms with van der Waals surface area (Å²) in [6.45, 7) is 1.22. The van der Waals surface area contributed by atoms with Crippen molar-refractivity contribution in [2.24, 2.45) is 0 Å². The minimum atomic E-state index is 0.503. The van der Waals surface area contributed by atoms with Crippen molar-refractivity contribution < 1.29 is 4.74 Å². The van der Waals surface area contributed by atoms with E-state index in [1.54, 1.807) is 0 Å². The number of hydrogen-bond acceptors (Lipinski definition) is 2. The topological polar surface area (TPSA) is 21.3 Å². The molecule has 0 heterocycles. The average molecular weight is 324 g/mol. The van der Waals surface area contributed by atoms with Crippen molar-refractivity contribution in [1.29, 1.82) is 0 Å². The second-order valence-electron chi connectivity index (χ2n) is 5.25. The molecule has 0 saturated heterocycles. The third-order valence-electron chi connectivity index (χ3n) is 3.51. The Morgan fingerprint density at radius 3 is 2.43 bits per heavy atom. The van der Waals surface area contributed by atoms with Gasteiger partial charge in [-0.15, -0.1) is 0 Å². The summed E-state index contributed by atoms with van der Waals surface area (Å²) >= 11 is 6.01. The third kappa shape index (κ3) is 4.51. The summed E-state index contributed by atoms with van der Waals surface area (Å²) in [4.78, 5) is 0. The fourth-order valence-corrected chi connectivity index (χ4v) is 2.54. The lowest BCUT2D eigenvalue weighted by molar-refractivity contribution is 0.303. The van der Waals surface area contributed by atoms with Gasteiger partial charge in [-0.3, -0.25) is 0 Å². The molecular weight excluding hydrogens is 306 g/mol. The van der Waals surface area contributed by atoms with Gasteiger partial charge >= 0.3 is 0 Å². The summed E-state index contributed by atoms with van der Waals surface area (Å²) in [6.07, 6.45) is 0. The normalized spacial score (nSPS) is 10.3. The average Bonchev–Trinajstić information content (AvgIpc) is 2.60. The number of benzene rings is 3. The van der Waals surface area contributed by atoms with Crippen LogP contribution in [0.4, 0.5) is 5.69 Å². The van der Waals surface area contributed by atoms with Gasteiger partial charge in [-0.25, -0.2) is 0 Å². The van der Waals surface area contributed by atoms with Gasteiger partial charge in [-0.05, 0) is 35.9 Å². The standard InChI is InChI=1S/C20H18ClNO/c21-18-9-6-7-16(13-18)15-23-20-12-5-4-8-17(20)14-22-19-10-2-1-3-11-19/h1-13,22H,14-15H2. The Bertz CT molecular complexity index is 758. The molecule has 1 N–H and O–H groups in total. The van der Waals surface area contributed by atoms with Crippen LogP contribution in [0.15, 0.2) is 78.9 Å². The molecule has 3 aromatic carbocycles. The highest BCUT2D eigenvalue weighted by molar-refractivity contribution is 6.30. The summed E-state index contributed by atoms with van der Waals surface area (Å²) in [7, 11) is 0. The first-order valence-electron chi connectivity index (χ1n) is 7.55. The Kier molecular flexibility index (Phi) is 5.17. The highest BCUT2D eigenvalue weighted by Gasteiger charge is 2.04. The molecule has 0 aliphatic carbocycles. The van der Waals surface area contributed by atoms with E-state index >= 15 is 0 Å². The molecule has 0 amide bonds. The van der Waals surface area contributed by atoms with Crippen LogP contribution in [0.2, 0.25) is 5.02 Å². The van der Waals surface area contributed by atoms with E-state index in [0.717, 1.165) is 34.1 Å². The predicted octanol–water partition coefficient (Wildman–Crippen LogP) is 5.53. The van der Waals surface area contributed by atoms with Crippen molar-refractivity contribution in [2.75, 3.05) is 5.32 Å². The van der Waals surface area contributed by atoms with E-state index in [2.05, 4.69) is 23.5 Å². The van der Waals surface area contributed by atoms with Crippen LogP contribution in [-0.2, 0) is 13.2 Å². The Labute approximate surface area is 141 Å². The number of hydrogen-bond donors (Lipinski definition) is 1. The van der Waals surface area contributed by atoms with E-state index < -0.39 is 0 Å². The van der Waals surface area contributed by atoms with Crippen molar-refractivity contribution >= 4 is 17.3 Å². The van der Waals surface area contributed by atoms with Crippen molar-refractivity contribution in [1.82, 2.24) is 0 Å². The van der Waals surface area contributed by atoms with Gasteiger partial charge in [0.1, 0.15) is 12.4 Å². The number of rotatable bonds is 6. The van der Waals surface area contributed by atoms with Gasteiger partial charge in [-0.2, -0.15) is 0 Å². The lowest BCUT2D eigenvalue weighted by atomic mass is 10.2. The molecule has 116 valence electrons. The van der Waals surface area contributed by atoms with Gasteiger partial charge in [0.2, 0.25) is 0 Å². The number of anilines is 1. The maximum absolute atomic E-state index is 6.01. The van der Waals surface area contributed by atoms with Gasteiger partial charge < -0.3 is 10.1 Å². The molecule has 0 fully saturated rings. The highest BCUT2D eigenvalue weighted by atomic mass is 35.5. The van der Waals surface area contributed by atoms with Gasteiger partial charge in [0, 0.05) is 22.8 Å². The van der Waals surface area contributed by atoms with E-state index in [9.17, 15) is 0 Å². The van der Waals surface area contributed by atoms with Crippen LogP contribution in [0.25, 0.3) is 0 Å². The zero-order valence-electron chi connectivity index (χ0n) is 12.7. The smallest absolute Gasteiger partial charge is 0.124 e. The fraction of sp³-hybridized carbons (Fsp3) is 0.100. The number of nitrogens with one attached hydrogen (secondary N) is 1. The zero-order chi connectivity index (χ0) is 15.9. The molecule has 0 radical (unpaired) electrons. The van der Waals surface area contributed by atoms with Crippen LogP contribution < -0.4 is 10.1 Å². The van der Waals surface area contributed by atoms with E-state index in [-0.39, 0.29) is 0 Å². The second kappa shape index (κ2) is 7.70. The Hall–Kier alpha value is -2.45. The van der Waals surface area contributed by atoms with Gasteiger partial charge in [0.05, 0.1) is 0 Å². The van der Waals surface area contributed by atoms with Crippen LogP contribution in [0.5, 0.6) is 5.75 Å². The van der Waals surface area contributed by atoms with E-state index in [1.807, 2.05) is 60.7 Å². The number of para-hydroxylation sites is 2. The van der Waals surface area contributed by atoms with E-state index in [0.29, 0.717) is 6.61 Å². The lowest BCUT2D eigenvalue weighted by Gasteiger charge is -2.13. The molecule has 0 bridgehead atoms. The molecule has 0 saturated carbocycles. The van der Waals surface area contributed by atoms with Crippen LogP contribution in [0.1, 0.15) is 11.1 Å². The quantitative estimate of drug-likeness (QED) is 0.644. The monoisotopic (exact) mass is 323 g/mol. The first kappa shape index (κ1) is 15.4. The first-order valence-corrected chi connectivity index (χ1v) is 7.93. The number of halogens is 1. The Morgan fingerprint density at radius 1 is 0.826 bits per heavy atom. The molecule has 3 heteroatoms. The first-order chi connectivity index (χ1) is 11.3. The summed E-state index contributed by atoms with van der Waals surface area (Å²) in [5, 5.41) is 4.13. The van der Waals surface area contributed by atoms with Crippen LogP contribution in [0.3, 0.4) is 0 Å². The third-order valence-corrected chi connectivity index (χ3v) is 3.75. The van der Waals surface area contributed by atoms with E-state index in [1.165, 1.54) is 0 Å². The number of ether oxygens (including phenoxy) is 1. The van der Waals surface area contributed by atoms with Crippen LogP contribution >= 0.6 is 11.6 Å². The van der Waals surface area contributed by atoms with Crippen LogP contribution in [0, 0.1) is 0 Å². The van der Waals surface area contributed by atoms with Crippen molar-refractivity contribution in [3.8, 4) is 5.75 Å². The molecule has 3 aromatic rings. The summed E-state index contributed by atoms with van der Waals surface area (Å²) < 4.78 is 5.97. The highest BCUT2D eigenvalue weighted by Crippen LogP contribution is 2.21. The Balaban J connectivity index is 1.65. The summed E-state index contributed by atoms with van der Waals surface area (Å²) in [6, 6.07) is 25.9. The maximum Gasteiger partial charge on any atom is 0.124 e. The molecule has 3 rings (SSSR count). The second-order valence-corrected chi connectivity index (χ2v) is 5.68. The van der Waals surface area contributed by atoms with Crippen molar-refractivity contribution in [3.05, 3.63) is 95.0 Å². The van der Waals surface area contributed by atoms with Crippen molar-refractivity contribution in [2.45, 2.75) is 13.2 Å². The molecule has 2 nitrogen and oxygen atoms in total. The summed E-state index contributed by atoms with van der Waals surface area (Å²) in [5.74, 6) is 0.885. The fourth-order valence-electron chi connectivity index (χ4n) is 2.33. The molecule has 0 aromatic heterocycles. The zero-order valence-corrected chi connectivity index (χ0v) is 13.5. The molecular formula is C20H18ClNO. The van der Waals surface area contributed by atoms with Crippen LogP contribution in [-0.4, -0.2) is 0 Å². The van der Waals surface area contributed by atoms with E-state index in [4.69, 9.17) is 16.3 Å². The minimum absolute atomic E-state index is 0.503. The molecule has 0 unspecified atom stereocenters. The lowest BCUT2D eigenvalue weighted by Crippen LogP contribution is -2.03. The van der Waals surface area contributed by atoms with Gasteiger partial charge in [-0.1, -0.05) is 60.1 Å². The van der Waals surface area contributed by atoms with Gasteiger partial charge in [0.15, 0.2) is 0 Å². The molecule has 23 heavy (non-hydrogen) atoms. The maximum atomic E-state index is 6.01. The molecule has 0 aliphatic rings. The minimum Gasteiger partial charge on any atom is -0.489 e. The largest absolute Gasteiger partial charge is 0.489 e. The summed E-state index contributed by atoms with van der Waals surface area (Å²) in [5.41, 5.74) is 3.28. The Morgan fingerprint density at radius 2 is 1.61 bits per heavy atom. The molecule has 0 spiro atoms. The SMILES string of the molecule is Clc1cccc(COc2ccccc2CNc2ccccc2)c1. The predicted molar refractivity (Wildman–Crippen MR) is 96.0 cm³/mol. The van der Waals surface area contributed by atoms with Gasteiger partial charge in [0.25, 0.3) is 0 Å². The van der Waals surface area contributed by atoms with Crippen molar-refractivity contribution in [3.63, 3.8) is 0 Å². The molecule has 0 atom stereocenters.